The number of halogens is 1. The van der Waals surface area contributed by atoms with Gasteiger partial charge in [-0.2, -0.15) is 5.10 Å². The molecular formula is C18H19ClN4O. The summed E-state index contributed by atoms with van der Waals surface area (Å²) >= 11 is 6.29. The lowest BCUT2D eigenvalue weighted by Crippen LogP contribution is -2.43. The van der Waals surface area contributed by atoms with E-state index >= 15 is 0 Å². The average molecular weight is 343 g/mol. The molecule has 0 saturated carbocycles. The van der Waals surface area contributed by atoms with Crippen molar-refractivity contribution in [2.45, 2.75) is 19.2 Å². The van der Waals surface area contributed by atoms with E-state index < -0.39 is 0 Å². The Balaban J connectivity index is 1.50. The molecule has 0 N–H and O–H groups in total. The van der Waals surface area contributed by atoms with Crippen molar-refractivity contribution in [3.8, 4) is 0 Å². The molecule has 4 rings (SSSR count). The Morgan fingerprint density at radius 1 is 1.21 bits per heavy atom. The average Bonchev–Trinajstić information content (AvgIpc) is 3.11. The Hall–Kier alpha value is -1.95. The van der Waals surface area contributed by atoms with Gasteiger partial charge < -0.3 is 4.74 Å². The Bertz CT molecular complexity index is 821. The van der Waals surface area contributed by atoms with Gasteiger partial charge >= 0.3 is 0 Å². The van der Waals surface area contributed by atoms with Gasteiger partial charge in [0, 0.05) is 48.6 Å². The van der Waals surface area contributed by atoms with Crippen LogP contribution in [0.3, 0.4) is 0 Å². The molecule has 6 heteroatoms. The molecule has 0 aliphatic carbocycles. The summed E-state index contributed by atoms with van der Waals surface area (Å²) in [6, 6.07) is 9.92. The van der Waals surface area contributed by atoms with Crippen molar-refractivity contribution in [2.24, 2.45) is 0 Å². The van der Waals surface area contributed by atoms with Gasteiger partial charge in [-0.1, -0.05) is 17.7 Å². The summed E-state index contributed by atoms with van der Waals surface area (Å²) < 4.78 is 7.81. The first-order valence-electron chi connectivity index (χ1n) is 8.13. The van der Waals surface area contributed by atoms with Crippen molar-refractivity contribution in [3.05, 3.63) is 59.5 Å². The van der Waals surface area contributed by atoms with Crippen LogP contribution in [-0.2, 0) is 17.8 Å². The highest BCUT2D eigenvalue weighted by atomic mass is 35.5. The highest BCUT2D eigenvalue weighted by Gasteiger charge is 2.22. The summed E-state index contributed by atoms with van der Waals surface area (Å²) in [6.07, 6.45) is 5.75. The number of benzene rings is 1. The van der Waals surface area contributed by atoms with E-state index in [1.165, 1.54) is 5.56 Å². The molecule has 0 unspecified atom stereocenters. The number of rotatable bonds is 4. The summed E-state index contributed by atoms with van der Waals surface area (Å²) in [4.78, 5) is 6.94. The van der Waals surface area contributed by atoms with Crippen molar-refractivity contribution < 1.29 is 4.74 Å². The zero-order valence-electron chi connectivity index (χ0n) is 13.3. The molecule has 0 radical (unpaired) electrons. The highest BCUT2D eigenvalue weighted by molar-refractivity contribution is 6.35. The minimum absolute atomic E-state index is 0.158. The fourth-order valence-corrected chi connectivity index (χ4v) is 3.43. The predicted molar refractivity (Wildman–Crippen MR) is 94.0 cm³/mol. The molecule has 0 amide bonds. The van der Waals surface area contributed by atoms with E-state index in [2.05, 4.69) is 21.0 Å². The summed E-state index contributed by atoms with van der Waals surface area (Å²) in [5.41, 5.74) is 2.19. The van der Waals surface area contributed by atoms with Crippen LogP contribution < -0.4 is 0 Å². The number of nitrogens with zero attached hydrogens (tertiary/aromatic N) is 4. The lowest BCUT2D eigenvalue weighted by atomic mass is 10.1. The third-order valence-electron chi connectivity index (χ3n) is 4.37. The SMILES string of the molecule is Clc1ccc(CN2CCO[C@H](Cn3cccn3)C2)c2ncccc12. The van der Waals surface area contributed by atoms with Gasteiger partial charge in [-0.15, -0.1) is 0 Å². The maximum absolute atomic E-state index is 6.29. The smallest absolute Gasteiger partial charge is 0.0898 e. The van der Waals surface area contributed by atoms with Crippen LogP contribution in [0, 0.1) is 0 Å². The molecule has 1 aromatic carbocycles. The fraction of sp³-hybridized carbons (Fsp3) is 0.333. The van der Waals surface area contributed by atoms with Crippen LogP contribution in [0.5, 0.6) is 0 Å². The van der Waals surface area contributed by atoms with Crippen LogP contribution in [0.15, 0.2) is 48.9 Å². The van der Waals surface area contributed by atoms with E-state index in [-0.39, 0.29) is 6.10 Å². The molecule has 24 heavy (non-hydrogen) atoms. The maximum Gasteiger partial charge on any atom is 0.0898 e. The number of hydrogen-bond acceptors (Lipinski definition) is 4. The van der Waals surface area contributed by atoms with Crippen molar-refractivity contribution in [3.63, 3.8) is 0 Å². The Morgan fingerprint density at radius 3 is 3.04 bits per heavy atom. The van der Waals surface area contributed by atoms with Gasteiger partial charge in [0.1, 0.15) is 0 Å². The number of morpholine rings is 1. The Labute approximate surface area is 145 Å². The monoisotopic (exact) mass is 342 g/mol. The van der Waals surface area contributed by atoms with Crippen LogP contribution in [0.2, 0.25) is 5.02 Å². The van der Waals surface area contributed by atoms with Gasteiger partial charge in [0.25, 0.3) is 0 Å². The van der Waals surface area contributed by atoms with Crippen molar-refractivity contribution in [1.29, 1.82) is 0 Å². The summed E-state index contributed by atoms with van der Waals surface area (Å²) in [7, 11) is 0. The molecular weight excluding hydrogens is 324 g/mol. The van der Waals surface area contributed by atoms with Gasteiger partial charge in [-0.25, -0.2) is 0 Å². The molecule has 1 saturated heterocycles. The van der Waals surface area contributed by atoms with E-state index in [4.69, 9.17) is 16.3 Å². The quantitative estimate of drug-likeness (QED) is 0.731. The third-order valence-corrected chi connectivity index (χ3v) is 4.70. The summed E-state index contributed by atoms with van der Waals surface area (Å²) in [5, 5.41) is 6.03. The normalized spacial score (nSPS) is 19.0. The largest absolute Gasteiger partial charge is 0.374 e. The first-order valence-corrected chi connectivity index (χ1v) is 8.51. The lowest BCUT2D eigenvalue weighted by molar-refractivity contribution is -0.0401. The maximum atomic E-state index is 6.29. The third kappa shape index (κ3) is 3.29. The minimum Gasteiger partial charge on any atom is -0.374 e. The molecule has 1 aliphatic rings. The van der Waals surface area contributed by atoms with Gasteiger partial charge in [0.05, 0.1) is 24.8 Å². The molecule has 0 spiro atoms. The molecule has 1 fully saturated rings. The molecule has 3 aromatic rings. The summed E-state index contributed by atoms with van der Waals surface area (Å²) in [6.45, 7) is 4.18. The summed E-state index contributed by atoms with van der Waals surface area (Å²) in [5.74, 6) is 0. The van der Waals surface area contributed by atoms with Crippen LogP contribution in [0.1, 0.15) is 5.56 Å². The van der Waals surface area contributed by atoms with Crippen LogP contribution >= 0.6 is 11.6 Å². The molecule has 3 heterocycles. The molecule has 1 aliphatic heterocycles. The molecule has 1 atom stereocenters. The number of pyridine rings is 1. The van der Waals surface area contributed by atoms with Crippen LogP contribution in [-0.4, -0.2) is 45.5 Å². The zero-order chi connectivity index (χ0) is 16.4. The second kappa shape index (κ2) is 6.89. The van der Waals surface area contributed by atoms with Crippen LogP contribution in [0.25, 0.3) is 10.9 Å². The second-order valence-corrected chi connectivity index (χ2v) is 6.47. The molecule has 2 aromatic heterocycles. The standard InChI is InChI=1S/C18H19ClN4O/c19-17-5-4-14(18-16(17)3-1-6-20-18)11-22-9-10-24-15(12-22)13-23-8-2-7-21-23/h1-8,15H,9-13H2/t15-/m0/s1. The van der Waals surface area contributed by atoms with E-state index in [0.717, 1.165) is 48.7 Å². The van der Waals surface area contributed by atoms with Crippen molar-refractivity contribution in [1.82, 2.24) is 19.7 Å². The number of aromatic nitrogens is 3. The number of hydrogen-bond donors (Lipinski definition) is 0. The van der Waals surface area contributed by atoms with E-state index in [1.807, 2.05) is 41.3 Å². The van der Waals surface area contributed by atoms with Gasteiger partial charge in [-0.05, 0) is 29.8 Å². The molecule has 5 nitrogen and oxygen atoms in total. The first kappa shape index (κ1) is 15.6. The lowest BCUT2D eigenvalue weighted by Gasteiger charge is -2.33. The zero-order valence-corrected chi connectivity index (χ0v) is 14.1. The molecule has 124 valence electrons. The van der Waals surface area contributed by atoms with Crippen molar-refractivity contribution in [2.75, 3.05) is 19.7 Å². The van der Waals surface area contributed by atoms with Gasteiger partial charge in [0.2, 0.25) is 0 Å². The predicted octanol–water partition coefficient (Wildman–Crippen LogP) is 2.99. The minimum atomic E-state index is 0.158. The number of fused-ring (bicyclic) bond motifs is 1. The van der Waals surface area contributed by atoms with Gasteiger partial charge in [0.15, 0.2) is 0 Å². The first-order chi connectivity index (χ1) is 11.8. The topological polar surface area (TPSA) is 43.2 Å². The van der Waals surface area contributed by atoms with E-state index in [1.54, 1.807) is 6.20 Å². The van der Waals surface area contributed by atoms with Gasteiger partial charge in [-0.3, -0.25) is 14.6 Å². The van der Waals surface area contributed by atoms with Crippen LogP contribution in [0.4, 0.5) is 0 Å². The van der Waals surface area contributed by atoms with E-state index in [9.17, 15) is 0 Å². The fourth-order valence-electron chi connectivity index (χ4n) is 3.22. The Kier molecular flexibility index (Phi) is 4.47. The van der Waals surface area contributed by atoms with Crippen molar-refractivity contribution >= 4 is 22.5 Å². The molecule has 0 bridgehead atoms. The number of ether oxygens (including phenoxy) is 1. The highest BCUT2D eigenvalue weighted by Crippen LogP contribution is 2.26. The van der Waals surface area contributed by atoms with E-state index in [0.29, 0.717) is 0 Å². The second-order valence-electron chi connectivity index (χ2n) is 6.06. The Morgan fingerprint density at radius 2 is 2.17 bits per heavy atom.